The molecule has 6 heteroatoms. The third kappa shape index (κ3) is 2.74. The van der Waals surface area contributed by atoms with Gasteiger partial charge in [-0.2, -0.15) is 5.10 Å². The Kier molecular flexibility index (Phi) is 3.34. The molecule has 0 atom stereocenters. The van der Waals surface area contributed by atoms with Gasteiger partial charge >= 0.3 is 0 Å². The predicted octanol–water partition coefficient (Wildman–Crippen LogP) is 2.07. The van der Waals surface area contributed by atoms with Crippen LogP contribution in [-0.4, -0.2) is 21.3 Å². The Bertz CT molecular complexity index is 871. The molecule has 0 unspecified atom stereocenters. The van der Waals surface area contributed by atoms with Gasteiger partial charge in [-0.1, -0.05) is 24.3 Å². The summed E-state index contributed by atoms with van der Waals surface area (Å²) in [5, 5.41) is 14.1. The van der Waals surface area contributed by atoms with Crippen molar-refractivity contribution in [2.24, 2.45) is 5.10 Å². The van der Waals surface area contributed by atoms with Crippen molar-refractivity contribution in [2.75, 3.05) is 5.43 Å². The molecule has 2 aromatic carbocycles. The van der Waals surface area contributed by atoms with Crippen LogP contribution < -0.4 is 11.0 Å². The zero-order chi connectivity index (χ0) is 14.7. The number of fused-ring (bicyclic) bond motifs is 1. The van der Waals surface area contributed by atoms with Crippen molar-refractivity contribution < 1.29 is 5.11 Å². The molecule has 0 saturated heterocycles. The van der Waals surface area contributed by atoms with Crippen LogP contribution in [0.5, 0.6) is 5.75 Å². The lowest BCUT2D eigenvalue weighted by molar-refractivity contribution is 0.474. The normalized spacial score (nSPS) is 11.0. The number of phenols is 1. The van der Waals surface area contributed by atoms with Crippen molar-refractivity contribution in [1.82, 2.24) is 9.97 Å². The third-order valence-electron chi connectivity index (χ3n) is 2.92. The molecule has 0 amide bonds. The van der Waals surface area contributed by atoms with Gasteiger partial charge in [-0.05, 0) is 24.3 Å². The summed E-state index contributed by atoms with van der Waals surface area (Å²) in [6.45, 7) is 0. The molecule has 3 aromatic rings. The number of aromatic hydroxyl groups is 1. The van der Waals surface area contributed by atoms with Gasteiger partial charge in [0.2, 0.25) is 5.95 Å². The molecule has 0 bridgehead atoms. The van der Waals surface area contributed by atoms with Crippen molar-refractivity contribution in [1.29, 1.82) is 0 Å². The number of benzene rings is 2. The second-order valence-corrected chi connectivity index (χ2v) is 4.36. The quantitative estimate of drug-likeness (QED) is 0.506. The van der Waals surface area contributed by atoms with E-state index >= 15 is 0 Å². The molecule has 21 heavy (non-hydrogen) atoms. The molecule has 0 aliphatic heterocycles. The highest BCUT2D eigenvalue weighted by atomic mass is 16.3. The van der Waals surface area contributed by atoms with Crippen molar-refractivity contribution in [3.63, 3.8) is 0 Å². The number of hydrogen-bond donors (Lipinski definition) is 3. The number of aromatic amines is 1. The van der Waals surface area contributed by atoms with Gasteiger partial charge in [0, 0.05) is 5.56 Å². The lowest BCUT2D eigenvalue weighted by atomic mass is 10.2. The molecule has 0 fully saturated rings. The molecular formula is C15H12N4O2. The number of hydrazone groups is 1. The number of hydrogen-bond acceptors (Lipinski definition) is 5. The number of phenolic OH excluding ortho intramolecular Hbond substituents is 1. The number of nitrogens with zero attached hydrogens (tertiary/aromatic N) is 2. The summed E-state index contributed by atoms with van der Waals surface area (Å²) in [5.41, 5.74) is 3.56. The molecule has 1 heterocycles. The molecule has 0 spiro atoms. The molecular weight excluding hydrogens is 268 g/mol. The van der Waals surface area contributed by atoms with Gasteiger partial charge < -0.3 is 5.11 Å². The maximum atomic E-state index is 11.9. The van der Waals surface area contributed by atoms with Crippen molar-refractivity contribution in [2.45, 2.75) is 0 Å². The Morgan fingerprint density at radius 3 is 2.76 bits per heavy atom. The molecule has 3 rings (SSSR count). The van der Waals surface area contributed by atoms with Gasteiger partial charge in [0.15, 0.2) is 0 Å². The standard InChI is InChI=1S/C15H12N4O2/c20-13-8-4-1-5-10(13)9-16-19-15-17-12-7-3-2-6-11(12)14(21)18-15/h1-9,20H,(H2,17,18,19,21). The van der Waals surface area contributed by atoms with Gasteiger partial charge in [0.25, 0.3) is 5.56 Å². The Morgan fingerprint density at radius 1 is 1.14 bits per heavy atom. The zero-order valence-corrected chi connectivity index (χ0v) is 10.9. The zero-order valence-electron chi connectivity index (χ0n) is 10.9. The third-order valence-corrected chi connectivity index (χ3v) is 2.92. The van der Waals surface area contributed by atoms with Gasteiger partial charge in [0.05, 0.1) is 17.1 Å². The maximum absolute atomic E-state index is 11.9. The van der Waals surface area contributed by atoms with Crippen LogP contribution in [0.1, 0.15) is 5.56 Å². The second-order valence-electron chi connectivity index (χ2n) is 4.36. The highest BCUT2D eigenvalue weighted by Crippen LogP contribution is 2.13. The summed E-state index contributed by atoms with van der Waals surface area (Å²) in [6.07, 6.45) is 1.45. The van der Waals surface area contributed by atoms with E-state index in [2.05, 4.69) is 20.5 Å². The summed E-state index contributed by atoms with van der Waals surface area (Å²) in [4.78, 5) is 18.7. The number of aromatic nitrogens is 2. The molecule has 3 N–H and O–H groups in total. The van der Waals surface area contributed by atoms with Crippen LogP contribution in [-0.2, 0) is 0 Å². The number of H-pyrrole nitrogens is 1. The fourth-order valence-electron chi connectivity index (χ4n) is 1.90. The summed E-state index contributed by atoms with van der Waals surface area (Å²) in [7, 11) is 0. The lowest BCUT2D eigenvalue weighted by Gasteiger charge is -2.02. The summed E-state index contributed by atoms with van der Waals surface area (Å²) < 4.78 is 0. The first-order valence-electron chi connectivity index (χ1n) is 6.30. The summed E-state index contributed by atoms with van der Waals surface area (Å²) in [5.74, 6) is 0.369. The van der Waals surface area contributed by atoms with E-state index in [1.54, 1.807) is 42.5 Å². The van der Waals surface area contributed by atoms with E-state index in [4.69, 9.17) is 0 Å². The number of nitrogens with one attached hydrogen (secondary N) is 2. The minimum absolute atomic E-state index is 0.128. The number of rotatable bonds is 3. The lowest BCUT2D eigenvalue weighted by Crippen LogP contribution is -2.10. The van der Waals surface area contributed by atoms with E-state index in [0.29, 0.717) is 16.5 Å². The van der Waals surface area contributed by atoms with E-state index in [0.717, 1.165) is 0 Å². The van der Waals surface area contributed by atoms with Crippen molar-refractivity contribution in [3.05, 3.63) is 64.4 Å². The molecule has 0 aliphatic rings. The molecule has 6 nitrogen and oxygen atoms in total. The van der Waals surface area contributed by atoms with E-state index in [9.17, 15) is 9.90 Å². The van der Waals surface area contributed by atoms with E-state index in [-0.39, 0.29) is 17.3 Å². The fraction of sp³-hybridized carbons (Fsp3) is 0. The maximum Gasteiger partial charge on any atom is 0.260 e. The molecule has 0 radical (unpaired) electrons. The summed E-state index contributed by atoms with van der Waals surface area (Å²) >= 11 is 0. The van der Waals surface area contributed by atoms with Crippen molar-refractivity contribution in [3.8, 4) is 5.75 Å². The Hall–Kier alpha value is -3.15. The Morgan fingerprint density at radius 2 is 1.90 bits per heavy atom. The van der Waals surface area contributed by atoms with Crippen LogP contribution in [0.15, 0.2) is 58.4 Å². The topological polar surface area (TPSA) is 90.4 Å². The van der Waals surface area contributed by atoms with Gasteiger partial charge in [-0.25, -0.2) is 10.4 Å². The van der Waals surface area contributed by atoms with E-state index in [1.807, 2.05) is 6.07 Å². The minimum atomic E-state index is -0.235. The summed E-state index contributed by atoms with van der Waals surface area (Å²) in [6, 6.07) is 13.8. The predicted molar refractivity (Wildman–Crippen MR) is 81.7 cm³/mol. The Balaban J connectivity index is 1.86. The molecule has 104 valence electrons. The van der Waals surface area contributed by atoms with Crippen LogP contribution >= 0.6 is 0 Å². The first-order valence-corrected chi connectivity index (χ1v) is 6.30. The monoisotopic (exact) mass is 280 g/mol. The van der Waals surface area contributed by atoms with Gasteiger partial charge in [0.1, 0.15) is 5.75 Å². The van der Waals surface area contributed by atoms with Crippen molar-refractivity contribution >= 4 is 23.1 Å². The van der Waals surface area contributed by atoms with Crippen LogP contribution in [0.2, 0.25) is 0 Å². The van der Waals surface area contributed by atoms with Crippen LogP contribution in [0.4, 0.5) is 5.95 Å². The highest BCUT2D eigenvalue weighted by Gasteiger charge is 2.01. The Labute approximate surface area is 119 Å². The van der Waals surface area contributed by atoms with Gasteiger partial charge in [-0.15, -0.1) is 0 Å². The fourth-order valence-corrected chi connectivity index (χ4v) is 1.90. The van der Waals surface area contributed by atoms with E-state index in [1.165, 1.54) is 6.21 Å². The average Bonchev–Trinajstić information content (AvgIpc) is 2.49. The first-order chi connectivity index (χ1) is 10.2. The molecule has 0 aliphatic carbocycles. The SMILES string of the molecule is O=c1[nH]c(NN=Cc2ccccc2O)nc2ccccc12. The average molecular weight is 280 g/mol. The largest absolute Gasteiger partial charge is 0.507 e. The smallest absolute Gasteiger partial charge is 0.260 e. The second kappa shape index (κ2) is 5.46. The van der Waals surface area contributed by atoms with Crippen LogP contribution in [0.25, 0.3) is 10.9 Å². The molecule has 1 aromatic heterocycles. The number of anilines is 1. The van der Waals surface area contributed by atoms with Crippen LogP contribution in [0.3, 0.4) is 0 Å². The van der Waals surface area contributed by atoms with E-state index < -0.39 is 0 Å². The highest BCUT2D eigenvalue weighted by molar-refractivity contribution is 5.83. The van der Waals surface area contributed by atoms with Crippen LogP contribution in [0, 0.1) is 0 Å². The van der Waals surface area contributed by atoms with Gasteiger partial charge in [-0.3, -0.25) is 9.78 Å². The first kappa shape index (κ1) is 12.9. The molecule has 0 saturated carbocycles. The number of para-hydroxylation sites is 2. The minimum Gasteiger partial charge on any atom is -0.507 e.